The maximum atomic E-state index is 2.54. The average Bonchev–Trinajstić information content (AvgIpc) is 2.31. The molecule has 0 spiro atoms. The van der Waals surface area contributed by atoms with E-state index in [2.05, 4.69) is 6.92 Å². The van der Waals surface area contributed by atoms with Crippen LogP contribution in [0.5, 0.6) is 0 Å². The molecule has 0 aliphatic carbocycles. The second-order valence-electron chi connectivity index (χ2n) is 5.49. The van der Waals surface area contributed by atoms with Crippen LogP contribution in [-0.2, 0) is 0 Å². The molecule has 0 amide bonds. The van der Waals surface area contributed by atoms with Gasteiger partial charge >= 0.3 is 0 Å². The zero-order valence-corrected chi connectivity index (χ0v) is 12.1. The van der Waals surface area contributed by atoms with Crippen molar-refractivity contribution in [3.05, 3.63) is 0 Å². The monoisotopic (exact) mass is 244 g/mol. The Morgan fingerprint density at radius 2 is 1.47 bits per heavy atom. The van der Waals surface area contributed by atoms with Gasteiger partial charge < -0.3 is 0 Å². The van der Waals surface area contributed by atoms with E-state index in [-0.39, 0.29) is 0 Å². The minimum atomic E-state index is 1.03. The first kappa shape index (κ1) is 12.3. The van der Waals surface area contributed by atoms with Crippen LogP contribution in [0.25, 0.3) is 0 Å². The van der Waals surface area contributed by atoms with Crippen LogP contribution in [0.1, 0.15) is 39.0 Å². The van der Waals surface area contributed by atoms with E-state index < -0.39 is 0 Å². The van der Waals surface area contributed by atoms with Gasteiger partial charge in [-0.25, -0.2) is 0 Å². The summed E-state index contributed by atoms with van der Waals surface area (Å²) in [5, 5.41) is 0. The third-order valence-corrected chi connectivity index (χ3v) is 6.92. The third kappa shape index (κ3) is 3.98. The van der Waals surface area contributed by atoms with Crippen molar-refractivity contribution in [2.75, 3.05) is 24.6 Å². The molecule has 2 heterocycles. The average molecular weight is 244 g/mol. The number of hydrogen-bond acceptors (Lipinski definition) is 0. The highest BCUT2D eigenvalue weighted by Crippen LogP contribution is 2.38. The van der Waals surface area contributed by atoms with E-state index in [0.29, 0.717) is 0 Å². The standard InChI is InChI=1S/C13H26P2/c1-11(13-4-8-15-9-5-13)10-12-2-6-14-7-3-12/h11-15H,2-10H2,1H3. The third-order valence-electron chi connectivity index (χ3n) is 4.35. The summed E-state index contributed by atoms with van der Waals surface area (Å²) in [7, 11) is 2.58. The summed E-state index contributed by atoms with van der Waals surface area (Å²) < 4.78 is 0. The van der Waals surface area contributed by atoms with E-state index in [0.717, 1.165) is 17.8 Å². The molecule has 2 aliphatic heterocycles. The zero-order chi connectivity index (χ0) is 10.5. The molecule has 2 fully saturated rings. The summed E-state index contributed by atoms with van der Waals surface area (Å²) >= 11 is 0. The molecule has 0 N–H and O–H groups in total. The Bertz CT molecular complexity index is 169. The van der Waals surface area contributed by atoms with Crippen molar-refractivity contribution < 1.29 is 0 Å². The Morgan fingerprint density at radius 3 is 2.07 bits per heavy atom. The highest BCUT2D eigenvalue weighted by molar-refractivity contribution is 7.38. The molecule has 2 aliphatic rings. The van der Waals surface area contributed by atoms with Gasteiger partial charge in [-0.15, -0.1) is 17.2 Å². The molecular formula is C13H26P2. The second kappa shape index (κ2) is 6.56. The van der Waals surface area contributed by atoms with Gasteiger partial charge in [0.2, 0.25) is 0 Å². The first-order valence-corrected chi connectivity index (χ1v) is 9.60. The van der Waals surface area contributed by atoms with Gasteiger partial charge in [0.1, 0.15) is 0 Å². The van der Waals surface area contributed by atoms with Crippen LogP contribution in [0.15, 0.2) is 0 Å². The molecule has 0 bridgehead atoms. The van der Waals surface area contributed by atoms with Crippen LogP contribution in [0.3, 0.4) is 0 Å². The summed E-state index contributed by atoms with van der Waals surface area (Å²) in [5.41, 5.74) is 0. The number of hydrogen-bond donors (Lipinski definition) is 0. The molecule has 0 aromatic rings. The lowest BCUT2D eigenvalue weighted by Crippen LogP contribution is -2.21. The Morgan fingerprint density at radius 1 is 0.933 bits per heavy atom. The minimum absolute atomic E-state index is 1.03. The molecule has 2 rings (SSSR count). The number of rotatable bonds is 3. The predicted molar refractivity (Wildman–Crippen MR) is 75.3 cm³/mol. The van der Waals surface area contributed by atoms with Gasteiger partial charge in [-0.3, -0.25) is 0 Å². The van der Waals surface area contributed by atoms with Crippen molar-refractivity contribution in [3.8, 4) is 0 Å². The van der Waals surface area contributed by atoms with Gasteiger partial charge in [0.25, 0.3) is 0 Å². The van der Waals surface area contributed by atoms with E-state index in [4.69, 9.17) is 0 Å². The lowest BCUT2D eigenvalue weighted by Gasteiger charge is -2.31. The van der Waals surface area contributed by atoms with Gasteiger partial charge in [0, 0.05) is 0 Å². The fraction of sp³-hybridized carbons (Fsp3) is 1.00. The van der Waals surface area contributed by atoms with Gasteiger partial charge in [-0.05, 0) is 74.5 Å². The van der Waals surface area contributed by atoms with Gasteiger partial charge in [0.05, 0.1) is 0 Å². The fourth-order valence-electron chi connectivity index (χ4n) is 3.25. The lowest BCUT2D eigenvalue weighted by molar-refractivity contribution is 0.262. The van der Waals surface area contributed by atoms with Crippen molar-refractivity contribution in [2.45, 2.75) is 39.0 Å². The summed E-state index contributed by atoms with van der Waals surface area (Å²) in [6.07, 6.45) is 13.9. The Balaban J connectivity index is 1.72. The highest BCUT2D eigenvalue weighted by atomic mass is 31.1. The molecule has 88 valence electrons. The van der Waals surface area contributed by atoms with Gasteiger partial charge in [-0.2, -0.15) is 0 Å². The molecule has 0 nitrogen and oxygen atoms in total. The first-order valence-electron chi connectivity index (χ1n) is 6.77. The Hall–Kier alpha value is 0.860. The molecule has 1 atom stereocenters. The van der Waals surface area contributed by atoms with E-state index in [1.807, 2.05) is 0 Å². The van der Waals surface area contributed by atoms with Crippen LogP contribution in [-0.4, -0.2) is 24.6 Å². The van der Waals surface area contributed by atoms with E-state index in [1.165, 1.54) is 17.2 Å². The largest absolute Gasteiger partial charge is 0.122 e. The predicted octanol–water partition coefficient (Wildman–Crippen LogP) is 4.19. The smallest absolute Gasteiger partial charge is 0.0351 e. The van der Waals surface area contributed by atoms with Crippen molar-refractivity contribution in [1.82, 2.24) is 0 Å². The SMILES string of the molecule is CC(CC1CCPCC1)C1CCPCC1. The van der Waals surface area contributed by atoms with Crippen LogP contribution in [0.4, 0.5) is 0 Å². The van der Waals surface area contributed by atoms with Crippen molar-refractivity contribution in [1.29, 1.82) is 0 Å². The molecule has 0 radical (unpaired) electrons. The topological polar surface area (TPSA) is 0 Å². The minimum Gasteiger partial charge on any atom is -0.122 e. The quantitative estimate of drug-likeness (QED) is 0.653. The molecule has 2 heteroatoms. The summed E-state index contributed by atoms with van der Waals surface area (Å²) in [6.45, 7) is 2.54. The molecule has 15 heavy (non-hydrogen) atoms. The van der Waals surface area contributed by atoms with Crippen LogP contribution in [0.2, 0.25) is 0 Å². The normalized spacial score (nSPS) is 38.2. The Labute approximate surface area is 98.9 Å². The van der Waals surface area contributed by atoms with Crippen molar-refractivity contribution in [2.24, 2.45) is 17.8 Å². The van der Waals surface area contributed by atoms with Crippen molar-refractivity contribution in [3.63, 3.8) is 0 Å². The Kier molecular flexibility index (Phi) is 5.39. The maximum Gasteiger partial charge on any atom is -0.0351 e. The van der Waals surface area contributed by atoms with Crippen LogP contribution < -0.4 is 0 Å². The van der Waals surface area contributed by atoms with Crippen LogP contribution >= 0.6 is 17.2 Å². The zero-order valence-electron chi connectivity index (χ0n) is 10.1. The fourth-order valence-corrected chi connectivity index (χ4v) is 6.12. The van der Waals surface area contributed by atoms with Gasteiger partial charge in [0.15, 0.2) is 0 Å². The van der Waals surface area contributed by atoms with Crippen LogP contribution in [0, 0.1) is 17.8 Å². The van der Waals surface area contributed by atoms with E-state index >= 15 is 0 Å². The van der Waals surface area contributed by atoms with Crippen molar-refractivity contribution >= 4 is 17.2 Å². The molecule has 2 saturated heterocycles. The first-order chi connectivity index (χ1) is 7.36. The summed E-state index contributed by atoms with van der Waals surface area (Å²) in [4.78, 5) is 0. The maximum absolute atomic E-state index is 2.54. The van der Waals surface area contributed by atoms with E-state index in [9.17, 15) is 0 Å². The van der Waals surface area contributed by atoms with E-state index in [1.54, 1.807) is 56.8 Å². The lowest BCUT2D eigenvalue weighted by atomic mass is 9.81. The molecule has 0 saturated carbocycles. The molecule has 0 aromatic carbocycles. The molecular weight excluding hydrogens is 218 g/mol. The second-order valence-corrected chi connectivity index (χ2v) is 8.49. The highest BCUT2D eigenvalue weighted by Gasteiger charge is 2.23. The molecule has 0 aromatic heterocycles. The van der Waals surface area contributed by atoms with Gasteiger partial charge in [-0.1, -0.05) is 6.92 Å². The molecule has 1 unspecified atom stereocenters. The summed E-state index contributed by atoms with van der Waals surface area (Å²) in [6, 6.07) is 0. The summed E-state index contributed by atoms with van der Waals surface area (Å²) in [5.74, 6) is 3.22.